The van der Waals surface area contributed by atoms with E-state index < -0.39 is 4.92 Å². The quantitative estimate of drug-likeness (QED) is 0.495. The average Bonchev–Trinajstić information content (AvgIpc) is 2.49. The Labute approximate surface area is 71.8 Å². The van der Waals surface area contributed by atoms with Crippen molar-refractivity contribution >= 4 is 27.3 Å². The van der Waals surface area contributed by atoms with Crippen LogP contribution in [0.1, 0.15) is 0 Å². The smallest absolute Gasteiger partial charge is 0.258 e. The summed E-state index contributed by atoms with van der Waals surface area (Å²) in [6, 6.07) is 4.81. The Morgan fingerprint density at radius 1 is 1.50 bits per heavy atom. The number of nitro groups is 1. The molecule has 0 bridgehead atoms. The van der Waals surface area contributed by atoms with Gasteiger partial charge >= 0.3 is 0 Å². The summed E-state index contributed by atoms with van der Waals surface area (Å²) < 4.78 is 3.95. The van der Waals surface area contributed by atoms with Crippen LogP contribution in [0.25, 0.3) is 10.1 Å². The molecule has 0 unspecified atom stereocenters. The molecule has 1 aromatic carbocycles. The van der Waals surface area contributed by atoms with Gasteiger partial charge < -0.3 is 0 Å². The number of nitrogens with zero attached hydrogens (tertiary/aromatic N) is 1. The molecule has 0 atom stereocenters. The number of nitro benzene ring substituents is 1. The summed E-state index contributed by atoms with van der Waals surface area (Å²) in [5, 5.41) is 11.2. The molecule has 0 fully saturated rings. The van der Waals surface area contributed by atoms with Gasteiger partial charge in [-0.15, -0.1) is 0 Å². The van der Waals surface area contributed by atoms with Gasteiger partial charge in [0.15, 0.2) is 6.20 Å². The zero-order valence-electron chi connectivity index (χ0n) is 5.98. The molecule has 0 amide bonds. The lowest BCUT2D eigenvalue weighted by Gasteiger charge is -1.87. The number of aromatic nitrogens is 1. The van der Waals surface area contributed by atoms with E-state index in [9.17, 15) is 10.1 Å². The van der Waals surface area contributed by atoms with Crippen molar-refractivity contribution in [1.82, 2.24) is 0 Å². The molecule has 0 aliphatic heterocycles. The highest BCUT2D eigenvalue weighted by atomic mass is 32.1. The second kappa shape index (κ2) is 2.53. The van der Waals surface area contributed by atoms with Gasteiger partial charge in [-0.3, -0.25) is 10.1 Å². The fraction of sp³-hybridized carbons (Fsp3) is 0. The minimum atomic E-state index is -0.392. The minimum Gasteiger partial charge on any atom is -0.258 e. The Hall–Kier alpha value is -1.49. The Kier molecular flexibility index (Phi) is 1.51. The number of aromatic amines is 1. The van der Waals surface area contributed by atoms with Crippen LogP contribution in [0.5, 0.6) is 0 Å². The van der Waals surface area contributed by atoms with Gasteiger partial charge in [0.05, 0.1) is 10.3 Å². The van der Waals surface area contributed by atoms with Gasteiger partial charge in [0, 0.05) is 12.1 Å². The Morgan fingerprint density at radius 2 is 2.33 bits per heavy atom. The molecule has 12 heavy (non-hydrogen) atoms. The standard InChI is InChI=1S/C7H4N2O2S/c10-9(11)6-1-2-7-5(3-6)4-8-12-7/h1-4H/p+1. The zero-order chi connectivity index (χ0) is 8.55. The Morgan fingerprint density at radius 3 is 3.08 bits per heavy atom. The van der Waals surface area contributed by atoms with E-state index in [0.29, 0.717) is 0 Å². The molecule has 5 heteroatoms. The monoisotopic (exact) mass is 181 g/mol. The molecule has 2 rings (SSSR count). The van der Waals surface area contributed by atoms with Crippen LogP contribution >= 0.6 is 11.5 Å². The van der Waals surface area contributed by atoms with Gasteiger partial charge in [-0.25, -0.2) is 0 Å². The fourth-order valence-corrected chi connectivity index (χ4v) is 1.70. The zero-order valence-corrected chi connectivity index (χ0v) is 6.80. The molecule has 0 spiro atoms. The normalized spacial score (nSPS) is 10.3. The van der Waals surface area contributed by atoms with E-state index in [1.807, 2.05) is 0 Å². The second-order valence-electron chi connectivity index (χ2n) is 2.34. The number of H-pyrrole nitrogens is 1. The summed E-state index contributed by atoms with van der Waals surface area (Å²) in [6.45, 7) is 0. The van der Waals surface area contributed by atoms with E-state index in [-0.39, 0.29) is 5.69 Å². The molecule has 0 aliphatic carbocycles. The van der Waals surface area contributed by atoms with Crippen LogP contribution in [0.15, 0.2) is 24.4 Å². The first-order valence-corrected chi connectivity index (χ1v) is 4.13. The van der Waals surface area contributed by atoms with Crippen molar-refractivity contribution in [3.05, 3.63) is 34.5 Å². The van der Waals surface area contributed by atoms with Crippen LogP contribution in [0.2, 0.25) is 0 Å². The molecule has 1 N–H and O–H groups in total. The number of hydrogen-bond acceptors (Lipinski definition) is 3. The van der Waals surface area contributed by atoms with Crippen molar-refractivity contribution in [2.24, 2.45) is 0 Å². The predicted molar refractivity (Wildman–Crippen MR) is 45.0 cm³/mol. The van der Waals surface area contributed by atoms with Gasteiger partial charge in [0.1, 0.15) is 16.2 Å². The van der Waals surface area contributed by atoms with Crippen molar-refractivity contribution in [3.63, 3.8) is 0 Å². The van der Waals surface area contributed by atoms with Crippen molar-refractivity contribution in [2.75, 3.05) is 0 Å². The summed E-state index contributed by atoms with van der Waals surface area (Å²) in [6.07, 6.45) is 1.76. The molecule has 60 valence electrons. The van der Waals surface area contributed by atoms with E-state index in [0.717, 1.165) is 10.1 Å². The van der Waals surface area contributed by atoms with Gasteiger partial charge in [-0.05, 0) is 6.07 Å². The first kappa shape index (κ1) is 7.17. The summed E-state index contributed by atoms with van der Waals surface area (Å²) in [5.41, 5.74) is 0.134. The van der Waals surface area contributed by atoms with Crippen LogP contribution in [0, 0.1) is 10.1 Å². The maximum atomic E-state index is 10.4. The van der Waals surface area contributed by atoms with E-state index in [2.05, 4.69) is 4.37 Å². The highest BCUT2D eigenvalue weighted by Gasteiger charge is 2.08. The summed E-state index contributed by atoms with van der Waals surface area (Å²) in [5.74, 6) is 0. The summed E-state index contributed by atoms with van der Waals surface area (Å²) in [7, 11) is 0. The van der Waals surface area contributed by atoms with Gasteiger partial charge in [-0.1, -0.05) is 0 Å². The SMILES string of the molecule is O=[N+]([O-])c1ccc2s[nH+]cc2c1. The lowest BCUT2D eigenvalue weighted by Crippen LogP contribution is -1.86. The van der Waals surface area contributed by atoms with Crippen LogP contribution in [-0.4, -0.2) is 4.92 Å². The van der Waals surface area contributed by atoms with Crippen LogP contribution < -0.4 is 4.37 Å². The highest BCUT2D eigenvalue weighted by Crippen LogP contribution is 2.20. The Bertz CT molecular complexity index is 438. The topological polar surface area (TPSA) is 57.3 Å². The number of non-ortho nitro benzene ring substituents is 1. The van der Waals surface area contributed by atoms with Crippen molar-refractivity contribution in [3.8, 4) is 0 Å². The van der Waals surface area contributed by atoms with E-state index >= 15 is 0 Å². The Balaban J connectivity index is 2.68. The van der Waals surface area contributed by atoms with E-state index in [4.69, 9.17) is 0 Å². The largest absolute Gasteiger partial charge is 0.270 e. The lowest BCUT2D eigenvalue weighted by atomic mass is 10.2. The second-order valence-corrected chi connectivity index (χ2v) is 3.22. The molecule has 2 aromatic rings. The first-order chi connectivity index (χ1) is 5.77. The number of rotatable bonds is 1. The molecule has 1 heterocycles. The molecular weight excluding hydrogens is 176 g/mol. The third-order valence-electron chi connectivity index (χ3n) is 1.59. The molecule has 1 aromatic heterocycles. The molecule has 4 nitrogen and oxygen atoms in total. The summed E-state index contributed by atoms with van der Waals surface area (Å²) >= 11 is 1.46. The molecule has 0 radical (unpaired) electrons. The number of benzene rings is 1. The van der Waals surface area contributed by atoms with Crippen molar-refractivity contribution in [1.29, 1.82) is 0 Å². The lowest BCUT2D eigenvalue weighted by molar-refractivity contribution is -0.384. The molecule has 0 aliphatic rings. The van der Waals surface area contributed by atoms with Gasteiger partial charge in [-0.2, -0.15) is 4.37 Å². The van der Waals surface area contributed by atoms with Crippen molar-refractivity contribution < 1.29 is 9.30 Å². The fourth-order valence-electron chi connectivity index (χ4n) is 1.01. The highest BCUT2D eigenvalue weighted by molar-refractivity contribution is 7.09. The van der Waals surface area contributed by atoms with Crippen LogP contribution in [0.3, 0.4) is 0 Å². The van der Waals surface area contributed by atoms with Gasteiger partial charge in [0.25, 0.3) is 5.69 Å². The van der Waals surface area contributed by atoms with E-state index in [1.165, 1.54) is 17.6 Å². The maximum Gasteiger partial charge on any atom is 0.270 e. The number of nitrogens with one attached hydrogen (secondary N) is 1. The van der Waals surface area contributed by atoms with Crippen LogP contribution in [0.4, 0.5) is 5.69 Å². The van der Waals surface area contributed by atoms with Crippen LogP contribution in [-0.2, 0) is 0 Å². The van der Waals surface area contributed by atoms with Crippen molar-refractivity contribution in [2.45, 2.75) is 0 Å². The molecular formula is C7H5N2O2S+. The number of hydrogen-bond donors (Lipinski definition) is 0. The third-order valence-corrected chi connectivity index (χ3v) is 2.41. The molecule has 0 saturated heterocycles. The number of fused-ring (bicyclic) bond motifs is 1. The van der Waals surface area contributed by atoms with Gasteiger partial charge in [0.2, 0.25) is 0 Å². The summed E-state index contributed by atoms with van der Waals surface area (Å²) in [4.78, 5) is 9.97. The predicted octanol–water partition coefficient (Wildman–Crippen LogP) is 1.62. The molecule has 0 saturated carbocycles. The third kappa shape index (κ3) is 1.04. The maximum absolute atomic E-state index is 10.4. The minimum absolute atomic E-state index is 0.134. The van der Waals surface area contributed by atoms with E-state index in [1.54, 1.807) is 18.3 Å². The average molecular weight is 181 g/mol. The first-order valence-electron chi connectivity index (χ1n) is 3.31.